The zero-order valence-corrected chi connectivity index (χ0v) is 19.6. The number of benzene rings is 2. The van der Waals surface area contributed by atoms with Crippen molar-refractivity contribution >= 4 is 24.3 Å². The maximum atomic E-state index is 13.4. The van der Waals surface area contributed by atoms with Crippen LogP contribution < -0.4 is 0 Å². The fraction of sp³-hybridized carbons (Fsp3) is 0.462. The van der Waals surface area contributed by atoms with Gasteiger partial charge in [-0.05, 0) is 67.8 Å². The third-order valence-electron chi connectivity index (χ3n) is 7.94. The zero-order chi connectivity index (χ0) is 22.9. The van der Waals surface area contributed by atoms with Gasteiger partial charge in [-0.3, -0.25) is 9.59 Å². The number of carboxylic acid groups (broad SMARTS) is 2. The minimum Gasteiger partial charge on any atom is -0.481 e. The number of hydrogen-bond donors (Lipinski definition) is 2. The van der Waals surface area contributed by atoms with Gasteiger partial charge in [-0.1, -0.05) is 49.4 Å². The van der Waals surface area contributed by atoms with Crippen LogP contribution in [0.3, 0.4) is 0 Å². The van der Waals surface area contributed by atoms with E-state index in [1.807, 2.05) is 37.3 Å². The topological polar surface area (TPSA) is 77.8 Å². The third-order valence-corrected chi connectivity index (χ3v) is 7.94. The molecule has 0 bridgehead atoms. The second-order valence-electron chi connectivity index (χ2n) is 9.41. The van der Waals surface area contributed by atoms with Crippen LogP contribution in [0.4, 0.5) is 4.39 Å². The minimum atomic E-state index is -0.986. The van der Waals surface area contributed by atoms with Crippen molar-refractivity contribution < 1.29 is 24.2 Å². The van der Waals surface area contributed by atoms with Crippen LogP contribution in [0.1, 0.15) is 50.2 Å². The van der Waals surface area contributed by atoms with Gasteiger partial charge in [-0.25, -0.2) is 4.39 Å². The number of nitrogens with zero attached hydrogens (tertiary/aromatic N) is 1. The van der Waals surface area contributed by atoms with Gasteiger partial charge < -0.3 is 15.1 Å². The molecule has 7 heteroatoms. The van der Waals surface area contributed by atoms with E-state index in [1.54, 1.807) is 12.1 Å². The number of aliphatic carboxylic acids is 2. The molecule has 2 N–H and O–H groups in total. The first kappa shape index (κ1) is 25.2. The van der Waals surface area contributed by atoms with Gasteiger partial charge in [-0.2, -0.15) is 0 Å². The standard InChI is InChI=1S/C26H30FNO4.ClH/c1-18-17-28(16-15-26(18,24(31)32)20-5-3-2-4-6-20)22-11-13-25(14-12-22,23(29)30)19-7-9-21(27)10-8-19;/h2-10,18,22H,11-17H2,1H3,(H,29,30)(H,31,32);1H/t18-,22?,25?,26-;/m0./s1. The van der Waals surface area contributed by atoms with Gasteiger partial charge >= 0.3 is 11.9 Å². The summed E-state index contributed by atoms with van der Waals surface area (Å²) in [5, 5.41) is 20.2. The molecule has 0 unspecified atom stereocenters. The minimum absolute atomic E-state index is 0. The molecule has 1 saturated carbocycles. The smallest absolute Gasteiger partial charge is 0.314 e. The first-order valence-corrected chi connectivity index (χ1v) is 11.3. The summed E-state index contributed by atoms with van der Waals surface area (Å²) in [6.45, 7) is 3.35. The Bertz CT molecular complexity index is 976. The zero-order valence-electron chi connectivity index (χ0n) is 18.7. The molecule has 0 radical (unpaired) electrons. The summed E-state index contributed by atoms with van der Waals surface area (Å²) in [6.07, 6.45) is 2.97. The van der Waals surface area contributed by atoms with Crippen molar-refractivity contribution in [2.75, 3.05) is 13.1 Å². The van der Waals surface area contributed by atoms with Gasteiger partial charge in [-0.15, -0.1) is 12.4 Å². The maximum absolute atomic E-state index is 13.4. The van der Waals surface area contributed by atoms with Gasteiger partial charge in [0.05, 0.1) is 10.8 Å². The molecule has 0 aromatic heterocycles. The quantitative estimate of drug-likeness (QED) is 0.644. The molecule has 33 heavy (non-hydrogen) atoms. The van der Waals surface area contributed by atoms with Crippen molar-refractivity contribution in [3.05, 3.63) is 71.5 Å². The Kier molecular flexibility index (Phi) is 7.49. The predicted octanol–water partition coefficient (Wildman–Crippen LogP) is 4.88. The summed E-state index contributed by atoms with van der Waals surface area (Å²) in [5.41, 5.74) is -0.374. The summed E-state index contributed by atoms with van der Waals surface area (Å²) in [4.78, 5) is 27.0. The molecule has 2 fully saturated rings. The molecule has 2 aliphatic rings. The second kappa shape index (κ2) is 9.82. The Balaban J connectivity index is 0.00000306. The van der Waals surface area contributed by atoms with Gasteiger partial charge in [0, 0.05) is 12.6 Å². The second-order valence-corrected chi connectivity index (χ2v) is 9.41. The molecule has 0 spiro atoms. The lowest BCUT2D eigenvalue weighted by atomic mass is 9.65. The van der Waals surface area contributed by atoms with Crippen molar-refractivity contribution in [1.29, 1.82) is 0 Å². The highest BCUT2D eigenvalue weighted by Crippen LogP contribution is 2.45. The monoisotopic (exact) mass is 475 g/mol. The van der Waals surface area contributed by atoms with E-state index in [2.05, 4.69) is 4.90 Å². The number of piperidine rings is 1. The average molecular weight is 476 g/mol. The maximum Gasteiger partial charge on any atom is 0.314 e. The normalized spacial score (nSPS) is 30.2. The molecule has 1 aliphatic heterocycles. The Morgan fingerprint density at radius 1 is 0.909 bits per heavy atom. The van der Waals surface area contributed by atoms with E-state index < -0.39 is 22.8 Å². The van der Waals surface area contributed by atoms with Crippen molar-refractivity contribution in [2.45, 2.75) is 55.9 Å². The Morgan fingerprint density at radius 2 is 1.52 bits per heavy atom. The number of hydrogen-bond acceptors (Lipinski definition) is 3. The Hall–Kier alpha value is -2.44. The molecule has 5 nitrogen and oxygen atoms in total. The van der Waals surface area contributed by atoms with E-state index in [1.165, 1.54) is 12.1 Å². The molecule has 1 aliphatic carbocycles. The highest BCUT2D eigenvalue weighted by Gasteiger charge is 2.50. The summed E-state index contributed by atoms with van der Waals surface area (Å²) in [5.74, 6) is -2.07. The molecular formula is C26H31ClFNO4. The van der Waals surface area contributed by atoms with E-state index in [-0.39, 0.29) is 30.2 Å². The average Bonchev–Trinajstić information content (AvgIpc) is 2.80. The van der Waals surface area contributed by atoms with Crippen LogP contribution in [-0.4, -0.2) is 46.2 Å². The highest BCUT2D eigenvalue weighted by molar-refractivity contribution is 5.85. The first-order chi connectivity index (χ1) is 15.3. The van der Waals surface area contributed by atoms with E-state index in [9.17, 15) is 24.2 Å². The van der Waals surface area contributed by atoms with Crippen LogP contribution in [0.2, 0.25) is 0 Å². The van der Waals surface area contributed by atoms with E-state index in [4.69, 9.17) is 0 Å². The molecule has 178 valence electrons. The van der Waals surface area contributed by atoms with E-state index >= 15 is 0 Å². The number of carbonyl (C=O) groups is 2. The lowest BCUT2D eigenvalue weighted by Gasteiger charge is -2.49. The van der Waals surface area contributed by atoms with Gasteiger partial charge in [0.25, 0.3) is 0 Å². The molecular weight excluding hydrogens is 445 g/mol. The molecule has 1 saturated heterocycles. The largest absolute Gasteiger partial charge is 0.481 e. The molecule has 1 heterocycles. The Morgan fingerprint density at radius 3 is 2.03 bits per heavy atom. The predicted molar refractivity (Wildman–Crippen MR) is 126 cm³/mol. The summed E-state index contributed by atoms with van der Waals surface area (Å²) < 4.78 is 13.4. The van der Waals surface area contributed by atoms with Crippen molar-refractivity contribution in [2.24, 2.45) is 5.92 Å². The number of carboxylic acids is 2. The summed E-state index contributed by atoms with van der Waals surface area (Å²) >= 11 is 0. The fourth-order valence-corrected chi connectivity index (χ4v) is 5.96. The van der Waals surface area contributed by atoms with Crippen LogP contribution >= 0.6 is 12.4 Å². The highest BCUT2D eigenvalue weighted by atomic mass is 35.5. The van der Waals surface area contributed by atoms with Crippen LogP contribution in [-0.2, 0) is 20.4 Å². The van der Waals surface area contributed by atoms with Gasteiger partial charge in [0.15, 0.2) is 0 Å². The molecule has 2 aromatic carbocycles. The summed E-state index contributed by atoms with van der Waals surface area (Å²) in [7, 11) is 0. The summed E-state index contributed by atoms with van der Waals surface area (Å²) in [6, 6.07) is 15.6. The van der Waals surface area contributed by atoms with Crippen molar-refractivity contribution in [3.63, 3.8) is 0 Å². The lowest BCUT2D eigenvalue weighted by Crippen LogP contribution is -2.56. The van der Waals surface area contributed by atoms with Gasteiger partial charge in [0.1, 0.15) is 5.82 Å². The van der Waals surface area contributed by atoms with Gasteiger partial charge in [0.2, 0.25) is 0 Å². The number of rotatable bonds is 5. The molecule has 2 atom stereocenters. The SMILES string of the molecule is C[C@H]1CN(C2CCC(C(=O)O)(c3ccc(F)cc3)CC2)CC[C@@]1(C(=O)O)c1ccccc1.Cl. The molecule has 0 amide bonds. The van der Waals surface area contributed by atoms with Crippen LogP contribution in [0.15, 0.2) is 54.6 Å². The lowest BCUT2D eigenvalue weighted by molar-refractivity contribution is -0.150. The van der Waals surface area contributed by atoms with Crippen LogP contribution in [0.25, 0.3) is 0 Å². The fourth-order valence-electron chi connectivity index (χ4n) is 5.96. The van der Waals surface area contributed by atoms with E-state index in [0.717, 1.165) is 18.4 Å². The number of halogens is 2. The van der Waals surface area contributed by atoms with Crippen LogP contribution in [0, 0.1) is 11.7 Å². The number of likely N-dealkylation sites (tertiary alicyclic amines) is 1. The molecule has 2 aromatic rings. The Labute approximate surface area is 200 Å². The first-order valence-electron chi connectivity index (χ1n) is 11.3. The van der Waals surface area contributed by atoms with Crippen molar-refractivity contribution in [3.8, 4) is 0 Å². The van der Waals surface area contributed by atoms with E-state index in [0.29, 0.717) is 37.9 Å². The third kappa shape index (κ3) is 4.38. The molecule has 4 rings (SSSR count). The van der Waals surface area contributed by atoms with Crippen LogP contribution in [0.5, 0.6) is 0 Å². The van der Waals surface area contributed by atoms with Crippen molar-refractivity contribution in [1.82, 2.24) is 4.90 Å².